The maximum atomic E-state index is 2.26. The normalized spacial score (nSPS) is 27.5. The van der Waals surface area contributed by atoms with Crippen LogP contribution in [0.2, 0.25) is 0 Å². The molecule has 2 aliphatic carbocycles. The van der Waals surface area contributed by atoms with E-state index in [-0.39, 0.29) is 0 Å². The molecule has 2 unspecified atom stereocenters. The minimum absolute atomic E-state index is 0.920. The Kier molecular flexibility index (Phi) is 10.9. The van der Waals surface area contributed by atoms with Crippen LogP contribution in [-0.4, -0.2) is 68.0 Å². The van der Waals surface area contributed by atoms with Gasteiger partial charge in [-0.15, -0.1) is 0 Å². The van der Waals surface area contributed by atoms with Crippen LogP contribution in [0.15, 0.2) is 0 Å². The van der Waals surface area contributed by atoms with Gasteiger partial charge in [0.15, 0.2) is 0 Å². The van der Waals surface area contributed by atoms with Crippen LogP contribution >= 0.6 is 70.6 Å². The molecule has 1 aliphatic heterocycles. The predicted octanol–water partition coefficient (Wildman–Crippen LogP) is 5.96. The SMILES string of the molecule is C(CSCC1CSC(CSCCSCC2CC2)CS1)SCC1CC1. The zero-order valence-corrected chi connectivity index (χ0v) is 19.6. The fourth-order valence-corrected chi connectivity index (χ4v) is 11.3. The fourth-order valence-electron chi connectivity index (χ4n) is 2.51. The van der Waals surface area contributed by atoms with Gasteiger partial charge in [-0.05, 0) is 49.0 Å². The molecule has 3 aliphatic rings. The largest absolute Gasteiger partial charge is 0.161 e. The summed E-state index contributed by atoms with van der Waals surface area (Å²) in [4.78, 5) is 0. The third-order valence-corrected chi connectivity index (χ3v) is 13.3. The minimum Gasteiger partial charge on any atom is -0.161 e. The van der Waals surface area contributed by atoms with Crippen molar-refractivity contribution in [3.8, 4) is 0 Å². The number of hydrogen-bond acceptors (Lipinski definition) is 6. The second-order valence-electron chi connectivity index (χ2n) is 7.10. The van der Waals surface area contributed by atoms with Crippen molar-refractivity contribution >= 4 is 70.6 Å². The van der Waals surface area contributed by atoms with Crippen molar-refractivity contribution in [1.29, 1.82) is 0 Å². The first-order chi connectivity index (χ1) is 11.9. The van der Waals surface area contributed by atoms with Crippen molar-refractivity contribution in [3.05, 3.63) is 0 Å². The molecule has 3 rings (SSSR count). The lowest BCUT2D eigenvalue weighted by atomic mass is 10.5. The van der Waals surface area contributed by atoms with E-state index in [1.54, 1.807) is 0 Å². The molecule has 0 spiro atoms. The minimum atomic E-state index is 0.920. The van der Waals surface area contributed by atoms with Crippen molar-refractivity contribution in [2.45, 2.75) is 36.2 Å². The van der Waals surface area contributed by atoms with Crippen molar-refractivity contribution in [1.82, 2.24) is 0 Å². The van der Waals surface area contributed by atoms with Gasteiger partial charge >= 0.3 is 0 Å². The zero-order chi connectivity index (χ0) is 16.5. The third kappa shape index (κ3) is 9.87. The molecule has 1 saturated heterocycles. The Morgan fingerprint density at radius 2 is 0.917 bits per heavy atom. The van der Waals surface area contributed by atoms with Crippen LogP contribution in [-0.2, 0) is 0 Å². The summed E-state index contributed by atoms with van der Waals surface area (Å²) in [6.45, 7) is 0. The highest BCUT2D eigenvalue weighted by Crippen LogP contribution is 2.35. The number of thioether (sulfide) groups is 6. The van der Waals surface area contributed by atoms with Gasteiger partial charge < -0.3 is 0 Å². The highest BCUT2D eigenvalue weighted by Gasteiger charge is 2.23. The van der Waals surface area contributed by atoms with Gasteiger partial charge in [-0.25, -0.2) is 0 Å². The van der Waals surface area contributed by atoms with E-state index >= 15 is 0 Å². The average molecular weight is 441 g/mol. The third-order valence-electron chi connectivity index (χ3n) is 4.49. The lowest BCUT2D eigenvalue weighted by molar-refractivity contribution is 1.00. The molecule has 0 N–H and O–H groups in total. The van der Waals surface area contributed by atoms with E-state index < -0.39 is 0 Å². The Balaban J connectivity index is 1.08. The Hall–Kier alpha value is 2.10. The van der Waals surface area contributed by atoms with Gasteiger partial charge in [0.1, 0.15) is 0 Å². The van der Waals surface area contributed by atoms with Crippen LogP contribution in [0, 0.1) is 11.8 Å². The van der Waals surface area contributed by atoms with E-state index in [0.29, 0.717) is 0 Å². The van der Waals surface area contributed by atoms with E-state index in [1.807, 2.05) is 0 Å². The highest BCUT2D eigenvalue weighted by molar-refractivity contribution is 8.09. The Bertz CT molecular complexity index is 291. The van der Waals surface area contributed by atoms with Gasteiger partial charge in [-0.3, -0.25) is 0 Å². The summed E-state index contributed by atoms with van der Waals surface area (Å²) in [5, 5.41) is 1.84. The van der Waals surface area contributed by atoms with E-state index in [4.69, 9.17) is 0 Å². The summed E-state index contributed by atoms with van der Waals surface area (Å²) in [6.07, 6.45) is 6.04. The molecule has 3 fully saturated rings. The molecule has 2 atom stereocenters. The highest BCUT2D eigenvalue weighted by atomic mass is 32.2. The second kappa shape index (κ2) is 12.5. The number of rotatable bonds is 14. The van der Waals surface area contributed by atoms with Gasteiger partial charge in [0.2, 0.25) is 0 Å². The predicted molar refractivity (Wildman–Crippen MR) is 127 cm³/mol. The summed E-state index contributed by atoms with van der Waals surface area (Å²) in [7, 11) is 0. The summed E-state index contributed by atoms with van der Waals surface area (Å²) in [5.41, 5.74) is 0. The molecule has 0 aromatic carbocycles. The van der Waals surface area contributed by atoms with Gasteiger partial charge in [0.25, 0.3) is 0 Å². The molecule has 2 saturated carbocycles. The van der Waals surface area contributed by atoms with Gasteiger partial charge in [-0.2, -0.15) is 70.6 Å². The standard InChI is InChI=1S/C18H32S6/c1-2-15(1)9-19-5-7-21-11-17-13-24-18(14-23-17)12-22-8-6-20-10-16-3-4-16/h15-18H,1-14H2. The molecule has 0 aromatic heterocycles. The van der Waals surface area contributed by atoms with Crippen LogP contribution in [0.25, 0.3) is 0 Å². The van der Waals surface area contributed by atoms with Gasteiger partial charge in [-0.1, -0.05) is 0 Å². The fraction of sp³-hybridized carbons (Fsp3) is 1.00. The molecule has 140 valence electrons. The molecular weight excluding hydrogens is 409 g/mol. The van der Waals surface area contributed by atoms with Gasteiger partial charge in [0.05, 0.1) is 0 Å². The van der Waals surface area contributed by atoms with Crippen LogP contribution < -0.4 is 0 Å². The molecule has 0 aromatic rings. The smallest absolute Gasteiger partial charge is 0.0229 e. The van der Waals surface area contributed by atoms with Crippen LogP contribution in [0.4, 0.5) is 0 Å². The summed E-state index contributed by atoms with van der Waals surface area (Å²) >= 11 is 13.3. The lowest BCUT2D eigenvalue weighted by Gasteiger charge is -2.27. The molecule has 24 heavy (non-hydrogen) atoms. The molecule has 0 amide bonds. The maximum absolute atomic E-state index is 2.26. The van der Waals surface area contributed by atoms with Crippen molar-refractivity contribution in [2.75, 3.05) is 57.5 Å². The molecule has 0 bridgehead atoms. The molecule has 0 nitrogen and oxygen atoms in total. The molecular formula is C18H32S6. The summed E-state index contributed by atoms with van der Waals surface area (Å²) < 4.78 is 0. The van der Waals surface area contributed by atoms with Gasteiger partial charge in [0, 0.05) is 56.5 Å². The first-order valence-corrected chi connectivity index (χ1v) is 16.2. The van der Waals surface area contributed by atoms with E-state index in [1.165, 1.54) is 83.2 Å². The quantitative estimate of drug-likeness (QED) is 0.304. The number of hydrogen-bond donors (Lipinski definition) is 0. The molecule has 0 radical (unpaired) electrons. The van der Waals surface area contributed by atoms with E-state index in [9.17, 15) is 0 Å². The Labute approximate surface area is 175 Å². The molecule has 1 heterocycles. The van der Waals surface area contributed by atoms with E-state index in [0.717, 1.165) is 22.3 Å². The van der Waals surface area contributed by atoms with Crippen LogP contribution in [0.3, 0.4) is 0 Å². The summed E-state index contributed by atoms with van der Waals surface area (Å²) in [6, 6.07) is 0. The van der Waals surface area contributed by atoms with Crippen molar-refractivity contribution in [2.24, 2.45) is 11.8 Å². The molecule has 6 heteroatoms. The summed E-state index contributed by atoms with van der Waals surface area (Å²) in [5.74, 6) is 16.1. The van der Waals surface area contributed by atoms with Crippen LogP contribution in [0.5, 0.6) is 0 Å². The topological polar surface area (TPSA) is 0 Å². The van der Waals surface area contributed by atoms with Crippen molar-refractivity contribution in [3.63, 3.8) is 0 Å². The average Bonchev–Trinajstić information content (AvgIpc) is 3.50. The van der Waals surface area contributed by atoms with Crippen LogP contribution in [0.1, 0.15) is 25.7 Å². The van der Waals surface area contributed by atoms with Crippen molar-refractivity contribution < 1.29 is 0 Å². The Morgan fingerprint density at radius 1 is 0.542 bits per heavy atom. The lowest BCUT2D eigenvalue weighted by Crippen LogP contribution is -2.25. The zero-order valence-electron chi connectivity index (χ0n) is 14.7. The van der Waals surface area contributed by atoms with E-state index in [2.05, 4.69) is 70.6 Å². The first kappa shape index (κ1) is 20.8. The monoisotopic (exact) mass is 440 g/mol. The maximum Gasteiger partial charge on any atom is 0.0229 e. The Morgan fingerprint density at radius 3 is 1.25 bits per heavy atom. The second-order valence-corrected chi connectivity index (χ2v) is 14.4. The first-order valence-electron chi connectivity index (χ1n) is 9.44.